The van der Waals surface area contributed by atoms with E-state index in [2.05, 4.69) is 26.8 Å². The number of fused-ring (bicyclic) bond motifs is 1. The van der Waals surface area contributed by atoms with Gasteiger partial charge >= 0.3 is 0 Å². The lowest BCUT2D eigenvalue weighted by Gasteiger charge is -2.09. The summed E-state index contributed by atoms with van der Waals surface area (Å²) in [5.74, 6) is 1.42. The molecule has 6 nitrogen and oxygen atoms in total. The van der Waals surface area contributed by atoms with Crippen LogP contribution in [0.4, 0.5) is 0 Å². The number of aromatic amines is 1. The molecule has 0 saturated carbocycles. The standard InChI is InChI=1S/C16H17N5OS/c1-4-22-12-8-6-5-7-10(12)15-18-13-11(9-17-2)20-21(3)14(13)16(23)19-15/h5-8H,2,4,9H2,1,3H3,(H,18,19,23). The highest BCUT2D eigenvalue weighted by atomic mass is 32.1. The molecule has 118 valence electrons. The summed E-state index contributed by atoms with van der Waals surface area (Å²) < 4.78 is 7.90. The third-order valence-corrected chi connectivity index (χ3v) is 3.77. The SMILES string of the molecule is C=NCc1nn(C)c2c(=S)nc(-c3ccccc3OCC)[nH]c12. The third-order valence-electron chi connectivity index (χ3n) is 3.48. The van der Waals surface area contributed by atoms with Gasteiger partial charge < -0.3 is 9.72 Å². The van der Waals surface area contributed by atoms with E-state index in [1.54, 1.807) is 4.68 Å². The Hall–Kier alpha value is -2.54. The molecule has 7 heteroatoms. The van der Waals surface area contributed by atoms with Gasteiger partial charge in [0.05, 0.1) is 24.2 Å². The van der Waals surface area contributed by atoms with E-state index in [0.717, 1.165) is 28.0 Å². The first-order valence-corrected chi connectivity index (χ1v) is 7.67. The highest BCUT2D eigenvalue weighted by Crippen LogP contribution is 2.29. The largest absolute Gasteiger partial charge is 0.493 e. The molecule has 0 unspecified atom stereocenters. The average molecular weight is 327 g/mol. The fourth-order valence-electron chi connectivity index (χ4n) is 2.54. The van der Waals surface area contributed by atoms with E-state index in [1.165, 1.54) is 0 Å². The molecule has 0 saturated heterocycles. The Labute approximate surface area is 138 Å². The van der Waals surface area contributed by atoms with Gasteiger partial charge in [-0.3, -0.25) is 9.67 Å². The molecule has 0 aliphatic heterocycles. The van der Waals surface area contributed by atoms with Crippen molar-refractivity contribution in [1.82, 2.24) is 19.7 Å². The Bertz CT molecular complexity index is 928. The quantitative estimate of drug-likeness (QED) is 0.577. The summed E-state index contributed by atoms with van der Waals surface area (Å²) in [6.07, 6.45) is 0. The van der Waals surface area contributed by atoms with Gasteiger partial charge in [-0.05, 0) is 25.8 Å². The van der Waals surface area contributed by atoms with Crippen LogP contribution >= 0.6 is 12.2 Å². The Balaban J connectivity index is 2.26. The molecule has 2 heterocycles. The number of rotatable bonds is 5. The van der Waals surface area contributed by atoms with Crippen molar-refractivity contribution in [2.45, 2.75) is 13.5 Å². The van der Waals surface area contributed by atoms with E-state index in [0.29, 0.717) is 23.6 Å². The number of nitrogens with zero attached hydrogens (tertiary/aromatic N) is 4. The summed E-state index contributed by atoms with van der Waals surface area (Å²) in [6.45, 7) is 6.49. The van der Waals surface area contributed by atoms with Gasteiger partial charge in [-0.25, -0.2) is 4.98 Å². The molecular weight excluding hydrogens is 310 g/mol. The number of nitrogens with one attached hydrogen (secondary N) is 1. The highest BCUT2D eigenvalue weighted by Gasteiger charge is 2.15. The first-order valence-electron chi connectivity index (χ1n) is 7.26. The summed E-state index contributed by atoms with van der Waals surface area (Å²) in [6, 6.07) is 7.73. The maximum atomic E-state index is 5.68. The number of benzene rings is 1. The topological polar surface area (TPSA) is 68.1 Å². The Morgan fingerprint density at radius 3 is 2.91 bits per heavy atom. The van der Waals surface area contributed by atoms with Crippen molar-refractivity contribution in [3.63, 3.8) is 0 Å². The number of aryl methyl sites for hydroxylation is 1. The third kappa shape index (κ3) is 2.75. The van der Waals surface area contributed by atoms with E-state index < -0.39 is 0 Å². The molecule has 0 amide bonds. The highest BCUT2D eigenvalue weighted by molar-refractivity contribution is 7.71. The predicted molar refractivity (Wildman–Crippen MR) is 93.6 cm³/mol. The fourth-order valence-corrected chi connectivity index (χ4v) is 2.87. The normalized spacial score (nSPS) is 10.9. The second-order valence-electron chi connectivity index (χ2n) is 5.00. The zero-order valence-electron chi connectivity index (χ0n) is 13.0. The Morgan fingerprint density at radius 2 is 2.17 bits per heavy atom. The van der Waals surface area contributed by atoms with Crippen molar-refractivity contribution in [2.24, 2.45) is 12.0 Å². The zero-order chi connectivity index (χ0) is 16.4. The summed E-state index contributed by atoms with van der Waals surface area (Å²) in [5, 5.41) is 4.45. The summed E-state index contributed by atoms with van der Waals surface area (Å²) in [7, 11) is 1.84. The number of hydrogen-bond donors (Lipinski definition) is 1. The maximum absolute atomic E-state index is 5.68. The lowest BCUT2D eigenvalue weighted by molar-refractivity contribution is 0.341. The molecular formula is C16H17N5OS. The molecule has 0 fully saturated rings. The van der Waals surface area contributed by atoms with Crippen LogP contribution in [0.25, 0.3) is 22.4 Å². The first-order chi connectivity index (χ1) is 11.2. The molecule has 0 aliphatic carbocycles. The molecule has 2 aromatic heterocycles. The Kier molecular flexibility index (Phi) is 4.20. The van der Waals surface area contributed by atoms with Gasteiger partial charge in [0.1, 0.15) is 22.8 Å². The number of aromatic nitrogens is 4. The van der Waals surface area contributed by atoms with E-state index in [4.69, 9.17) is 17.0 Å². The van der Waals surface area contributed by atoms with E-state index in [9.17, 15) is 0 Å². The van der Waals surface area contributed by atoms with Crippen molar-refractivity contribution in [3.05, 3.63) is 34.6 Å². The molecule has 0 atom stereocenters. The molecule has 1 aromatic carbocycles. The molecule has 23 heavy (non-hydrogen) atoms. The van der Waals surface area contributed by atoms with Crippen molar-refractivity contribution in [3.8, 4) is 17.1 Å². The molecule has 0 bridgehead atoms. The van der Waals surface area contributed by atoms with Gasteiger partial charge in [-0.15, -0.1) is 0 Å². The average Bonchev–Trinajstić information content (AvgIpc) is 2.85. The van der Waals surface area contributed by atoms with Crippen LogP contribution in [-0.4, -0.2) is 33.1 Å². The van der Waals surface area contributed by atoms with Crippen LogP contribution in [0.2, 0.25) is 0 Å². The van der Waals surface area contributed by atoms with Crippen molar-refractivity contribution < 1.29 is 4.74 Å². The lowest BCUT2D eigenvalue weighted by atomic mass is 10.2. The zero-order valence-corrected chi connectivity index (χ0v) is 13.9. The molecule has 3 rings (SSSR count). The molecule has 0 radical (unpaired) electrons. The van der Waals surface area contributed by atoms with E-state index in [-0.39, 0.29) is 0 Å². The molecule has 0 spiro atoms. The van der Waals surface area contributed by atoms with Gasteiger partial charge in [-0.2, -0.15) is 5.10 Å². The van der Waals surface area contributed by atoms with Crippen LogP contribution in [0.15, 0.2) is 29.3 Å². The van der Waals surface area contributed by atoms with Crippen LogP contribution in [-0.2, 0) is 13.6 Å². The number of ether oxygens (including phenoxy) is 1. The maximum Gasteiger partial charge on any atom is 0.156 e. The molecule has 3 aromatic rings. The van der Waals surface area contributed by atoms with Crippen molar-refractivity contribution in [1.29, 1.82) is 0 Å². The fraction of sp³-hybridized carbons (Fsp3) is 0.250. The number of H-pyrrole nitrogens is 1. The van der Waals surface area contributed by atoms with Crippen molar-refractivity contribution in [2.75, 3.05) is 6.61 Å². The van der Waals surface area contributed by atoms with Crippen LogP contribution in [0, 0.1) is 4.64 Å². The first kappa shape index (κ1) is 15.4. The van der Waals surface area contributed by atoms with Gasteiger partial charge in [0.2, 0.25) is 0 Å². The predicted octanol–water partition coefficient (Wildman–Crippen LogP) is 3.29. The monoisotopic (exact) mass is 327 g/mol. The van der Waals surface area contributed by atoms with Crippen LogP contribution in [0.1, 0.15) is 12.6 Å². The number of hydrogen-bond acceptors (Lipinski definition) is 5. The van der Waals surface area contributed by atoms with Crippen LogP contribution in [0.5, 0.6) is 5.75 Å². The second kappa shape index (κ2) is 6.29. The second-order valence-corrected chi connectivity index (χ2v) is 5.38. The van der Waals surface area contributed by atoms with Crippen molar-refractivity contribution >= 4 is 30.0 Å². The van der Waals surface area contributed by atoms with Gasteiger partial charge in [-0.1, -0.05) is 24.4 Å². The van der Waals surface area contributed by atoms with Crippen LogP contribution in [0.3, 0.4) is 0 Å². The molecule has 0 aliphatic rings. The minimum atomic E-state index is 0.416. The van der Waals surface area contributed by atoms with Gasteiger partial charge in [0.15, 0.2) is 4.64 Å². The number of aliphatic imine (C=N–C) groups is 1. The van der Waals surface area contributed by atoms with E-state index in [1.807, 2.05) is 38.2 Å². The minimum Gasteiger partial charge on any atom is -0.493 e. The molecule has 1 N–H and O–H groups in total. The summed E-state index contributed by atoms with van der Waals surface area (Å²) in [4.78, 5) is 11.8. The summed E-state index contributed by atoms with van der Waals surface area (Å²) in [5.41, 5.74) is 3.28. The Morgan fingerprint density at radius 1 is 1.39 bits per heavy atom. The van der Waals surface area contributed by atoms with Crippen LogP contribution < -0.4 is 4.74 Å². The van der Waals surface area contributed by atoms with Gasteiger partial charge in [0, 0.05) is 7.05 Å². The number of para-hydroxylation sites is 1. The van der Waals surface area contributed by atoms with Gasteiger partial charge in [0.25, 0.3) is 0 Å². The minimum absolute atomic E-state index is 0.416. The smallest absolute Gasteiger partial charge is 0.156 e. The lowest BCUT2D eigenvalue weighted by Crippen LogP contribution is -1.98. The summed E-state index contributed by atoms with van der Waals surface area (Å²) >= 11 is 5.46. The van der Waals surface area contributed by atoms with E-state index >= 15 is 0 Å².